The summed E-state index contributed by atoms with van der Waals surface area (Å²) in [6.07, 6.45) is 0. The quantitative estimate of drug-likeness (QED) is 0.362. The Labute approximate surface area is 202 Å². The van der Waals surface area contributed by atoms with Crippen molar-refractivity contribution in [2.45, 2.75) is 17.2 Å². The van der Waals surface area contributed by atoms with Gasteiger partial charge in [0, 0.05) is 0 Å². The van der Waals surface area contributed by atoms with Crippen molar-refractivity contribution in [2.24, 2.45) is 0 Å². The lowest BCUT2D eigenvalue weighted by molar-refractivity contribution is -0.120. The van der Waals surface area contributed by atoms with Gasteiger partial charge in [0.05, 0.1) is 11.7 Å². The van der Waals surface area contributed by atoms with E-state index >= 15 is 0 Å². The van der Waals surface area contributed by atoms with Gasteiger partial charge in [-0.25, -0.2) is 12.8 Å². The zero-order valence-corrected chi connectivity index (χ0v) is 20.0. The Balaban J connectivity index is 1.67. The Morgan fingerprint density at radius 2 is 1.65 bits per heavy atom. The number of benzene rings is 3. The Kier molecular flexibility index (Phi) is 7.09. The van der Waals surface area contributed by atoms with Crippen LogP contribution in [0.1, 0.15) is 22.7 Å². The topological polar surface area (TPSA) is 66.5 Å². The van der Waals surface area contributed by atoms with Crippen LogP contribution < -0.4 is 9.62 Å². The molecule has 0 saturated carbocycles. The summed E-state index contributed by atoms with van der Waals surface area (Å²) in [7, 11) is -4.02. The molecule has 0 aliphatic carbocycles. The number of halogens is 1. The SMILES string of the molecule is Cc1cccc(C(NC(=O)CN(c2ccc(F)cc2)S(=O)(=O)c2cccs2)c2ccccc2)c1. The highest BCUT2D eigenvalue weighted by molar-refractivity contribution is 7.94. The molecule has 1 atom stereocenters. The predicted molar refractivity (Wildman–Crippen MR) is 133 cm³/mol. The van der Waals surface area contributed by atoms with Crippen molar-refractivity contribution in [3.05, 3.63) is 119 Å². The highest BCUT2D eigenvalue weighted by Gasteiger charge is 2.29. The molecule has 4 aromatic rings. The first-order valence-electron chi connectivity index (χ1n) is 10.6. The van der Waals surface area contributed by atoms with E-state index in [0.29, 0.717) is 0 Å². The minimum Gasteiger partial charge on any atom is -0.344 e. The van der Waals surface area contributed by atoms with E-state index in [4.69, 9.17) is 0 Å². The van der Waals surface area contributed by atoms with Crippen LogP contribution in [0.4, 0.5) is 10.1 Å². The number of nitrogens with one attached hydrogen (secondary N) is 1. The zero-order chi connectivity index (χ0) is 24.1. The summed E-state index contributed by atoms with van der Waals surface area (Å²) in [4.78, 5) is 13.3. The lowest BCUT2D eigenvalue weighted by Crippen LogP contribution is -2.42. The van der Waals surface area contributed by atoms with Crippen molar-refractivity contribution in [1.29, 1.82) is 0 Å². The summed E-state index contributed by atoms with van der Waals surface area (Å²) in [5.74, 6) is -0.981. The molecule has 34 heavy (non-hydrogen) atoms. The van der Waals surface area contributed by atoms with Crippen molar-refractivity contribution in [3.63, 3.8) is 0 Å². The molecule has 174 valence electrons. The van der Waals surface area contributed by atoms with Gasteiger partial charge in [0.1, 0.15) is 16.6 Å². The molecule has 0 aliphatic heterocycles. The first-order chi connectivity index (χ1) is 16.3. The van der Waals surface area contributed by atoms with E-state index in [-0.39, 0.29) is 9.90 Å². The normalized spacial score (nSPS) is 12.2. The molecule has 3 aromatic carbocycles. The molecule has 0 fully saturated rings. The second kappa shape index (κ2) is 10.2. The average molecular weight is 495 g/mol. The van der Waals surface area contributed by atoms with Crippen molar-refractivity contribution >= 4 is 33.0 Å². The summed E-state index contributed by atoms with van der Waals surface area (Å²) in [6, 6.07) is 25.0. The lowest BCUT2D eigenvalue weighted by Gasteiger charge is -2.26. The maximum Gasteiger partial charge on any atom is 0.274 e. The Morgan fingerprint density at radius 1 is 0.941 bits per heavy atom. The van der Waals surface area contributed by atoms with Crippen LogP contribution in [0.25, 0.3) is 0 Å². The molecule has 1 heterocycles. The largest absolute Gasteiger partial charge is 0.344 e. The van der Waals surface area contributed by atoms with Gasteiger partial charge in [0.2, 0.25) is 5.91 Å². The third-order valence-corrected chi connectivity index (χ3v) is 8.40. The summed E-state index contributed by atoms with van der Waals surface area (Å²) in [5, 5.41) is 4.64. The first kappa shape index (κ1) is 23.7. The summed E-state index contributed by atoms with van der Waals surface area (Å²) in [5.41, 5.74) is 3.00. The van der Waals surface area contributed by atoms with E-state index in [9.17, 15) is 17.6 Å². The number of nitrogens with zero attached hydrogens (tertiary/aromatic N) is 1. The van der Waals surface area contributed by atoms with Crippen LogP contribution in [0.3, 0.4) is 0 Å². The second-order valence-corrected chi connectivity index (χ2v) is 10.8. The Morgan fingerprint density at radius 3 is 2.29 bits per heavy atom. The maximum absolute atomic E-state index is 13.5. The standard InChI is InChI=1S/C26H23FN2O3S2/c1-19-7-5-10-21(17-19)26(20-8-3-2-4-9-20)28-24(30)18-29(23-14-12-22(27)13-15-23)34(31,32)25-11-6-16-33-25/h2-17,26H,18H2,1H3,(H,28,30). The van der Waals surface area contributed by atoms with Gasteiger partial charge in [-0.05, 0) is 53.8 Å². The van der Waals surface area contributed by atoms with E-state index in [1.807, 2.05) is 61.5 Å². The number of thiophene rings is 1. The molecule has 0 spiro atoms. The van der Waals surface area contributed by atoms with Crippen molar-refractivity contribution in [1.82, 2.24) is 5.32 Å². The summed E-state index contributed by atoms with van der Waals surface area (Å²) >= 11 is 1.06. The number of hydrogen-bond acceptors (Lipinski definition) is 4. The van der Waals surface area contributed by atoms with Crippen LogP contribution in [0.15, 0.2) is 101 Å². The Hall–Kier alpha value is -3.49. The molecule has 0 bridgehead atoms. The molecule has 8 heteroatoms. The van der Waals surface area contributed by atoms with E-state index in [0.717, 1.165) is 32.3 Å². The number of carbonyl (C=O) groups is 1. The third-order valence-electron chi connectivity index (χ3n) is 5.25. The molecule has 1 aromatic heterocycles. The number of amides is 1. The van der Waals surface area contributed by atoms with Gasteiger partial charge in [-0.3, -0.25) is 9.10 Å². The Bertz CT molecular complexity index is 1360. The van der Waals surface area contributed by atoms with Crippen LogP contribution in [0.5, 0.6) is 0 Å². The van der Waals surface area contributed by atoms with Crippen LogP contribution in [-0.4, -0.2) is 20.9 Å². The number of carbonyl (C=O) groups excluding carboxylic acids is 1. The lowest BCUT2D eigenvalue weighted by atomic mass is 9.97. The average Bonchev–Trinajstić information content (AvgIpc) is 3.38. The molecular formula is C26H23FN2O3S2. The molecule has 1 N–H and O–H groups in total. The number of anilines is 1. The highest BCUT2D eigenvalue weighted by Crippen LogP contribution is 2.27. The highest BCUT2D eigenvalue weighted by atomic mass is 32.2. The van der Waals surface area contributed by atoms with E-state index in [2.05, 4.69) is 5.32 Å². The number of aryl methyl sites for hydroxylation is 1. The van der Waals surface area contributed by atoms with Gasteiger partial charge in [-0.2, -0.15) is 0 Å². The van der Waals surface area contributed by atoms with Crippen molar-refractivity contribution in [3.8, 4) is 0 Å². The summed E-state index contributed by atoms with van der Waals surface area (Å²) < 4.78 is 41.3. The number of rotatable bonds is 8. The smallest absolute Gasteiger partial charge is 0.274 e. The van der Waals surface area contributed by atoms with Gasteiger partial charge in [0.25, 0.3) is 10.0 Å². The minimum absolute atomic E-state index is 0.0999. The fourth-order valence-electron chi connectivity index (χ4n) is 3.63. The third kappa shape index (κ3) is 5.35. The van der Waals surface area contributed by atoms with Gasteiger partial charge < -0.3 is 5.32 Å². The fraction of sp³-hybridized carbons (Fsp3) is 0.115. The minimum atomic E-state index is -4.02. The van der Waals surface area contributed by atoms with E-state index in [1.54, 1.807) is 11.4 Å². The van der Waals surface area contributed by atoms with Gasteiger partial charge in [-0.15, -0.1) is 11.3 Å². The van der Waals surface area contributed by atoms with Gasteiger partial charge in [0.15, 0.2) is 0 Å². The van der Waals surface area contributed by atoms with E-state index < -0.39 is 34.3 Å². The van der Waals surface area contributed by atoms with Gasteiger partial charge >= 0.3 is 0 Å². The van der Waals surface area contributed by atoms with E-state index in [1.165, 1.54) is 30.3 Å². The molecule has 4 rings (SSSR count). The summed E-state index contributed by atoms with van der Waals surface area (Å²) in [6.45, 7) is 1.51. The maximum atomic E-state index is 13.5. The number of sulfonamides is 1. The van der Waals surface area contributed by atoms with Crippen molar-refractivity contribution in [2.75, 3.05) is 10.8 Å². The molecule has 1 unspecified atom stereocenters. The van der Waals surface area contributed by atoms with Gasteiger partial charge in [-0.1, -0.05) is 66.2 Å². The van der Waals surface area contributed by atoms with Crippen LogP contribution in [0, 0.1) is 12.7 Å². The fourth-order valence-corrected chi connectivity index (χ4v) is 6.16. The van der Waals surface area contributed by atoms with Crippen molar-refractivity contribution < 1.29 is 17.6 Å². The zero-order valence-electron chi connectivity index (χ0n) is 18.4. The monoisotopic (exact) mass is 494 g/mol. The second-order valence-electron chi connectivity index (χ2n) is 7.75. The molecule has 1 amide bonds. The van der Waals surface area contributed by atoms with Crippen LogP contribution in [-0.2, 0) is 14.8 Å². The predicted octanol–water partition coefficient (Wildman–Crippen LogP) is 5.30. The molecule has 0 radical (unpaired) electrons. The molecule has 0 aliphatic rings. The molecule has 0 saturated heterocycles. The first-order valence-corrected chi connectivity index (χ1v) is 12.9. The van der Waals surface area contributed by atoms with Crippen LogP contribution in [0.2, 0.25) is 0 Å². The van der Waals surface area contributed by atoms with Crippen LogP contribution >= 0.6 is 11.3 Å². The molecule has 5 nitrogen and oxygen atoms in total. The number of hydrogen-bond donors (Lipinski definition) is 1. The molecular weight excluding hydrogens is 471 g/mol.